The minimum Gasteiger partial charge on any atom is -0.469 e. The van der Waals surface area contributed by atoms with Crippen LogP contribution in [0.5, 0.6) is 0 Å². The van der Waals surface area contributed by atoms with Crippen molar-refractivity contribution in [1.82, 2.24) is 5.32 Å². The zero-order valence-corrected chi connectivity index (χ0v) is 8.54. The smallest absolute Gasteiger partial charge is 0.307 e. The first-order valence-corrected chi connectivity index (χ1v) is 4.58. The number of methoxy groups -OCH3 is 1. The van der Waals surface area contributed by atoms with E-state index >= 15 is 0 Å². The van der Waals surface area contributed by atoms with E-state index in [1.165, 1.54) is 7.11 Å². The van der Waals surface area contributed by atoms with Gasteiger partial charge in [0, 0.05) is 12.6 Å². The third kappa shape index (κ3) is 6.54. The fourth-order valence-electron chi connectivity index (χ4n) is 0.887. The molecule has 0 aromatic carbocycles. The quantitative estimate of drug-likeness (QED) is 0.590. The monoisotopic (exact) mass is 189 g/mol. The van der Waals surface area contributed by atoms with Crippen LogP contribution < -0.4 is 5.32 Å². The van der Waals surface area contributed by atoms with E-state index in [0.29, 0.717) is 13.0 Å². The van der Waals surface area contributed by atoms with Gasteiger partial charge in [-0.3, -0.25) is 4.79 Å². The van der Waals surface area contributed by atoms with E-state index in [-0.39, 0.29) is 18.1 Å². The second-order valence-corrected chi connectivity index (χ2v) is 3.15. The van der Waals surface area contributed by atoms with Crippen molar-refractivity contribution >= 4 is 5.97 Å². The van der Waals surface area contributed by atoms with Crippen molar-refractivity contribution in [2.75, 3.05) is 13.7 Å². The summed E-state index contributed by atoms with van der Waals surface area (Å²) in [4.78, 5) is 10.8. The van der Waals surface area contributed by atoms with Crippen molar-refractivity contribution in [3.05, 3.63) is 0 Å². The molecule has 0 aliphatic heterocycles. The van der Waals surface area contributed by atoms with Crippen LogP contribution in [0.15, 0.2) is 0 Å². The molecule has 2 unspecified atom stereocenters. The zero-order chi connectivity index (χ0) is 10.3. The normalized spacial score (nSPS) is 15.1. The van der Waals surface area contributed by atoms with Gasteiger partial charge >= 0.3 is 5.97 Å². The number of hydrogen-bond acceptors (Lipinski definition) is 4. The summed E-state index contributed by atoms with van der Waals surface area (Å²) >= 11 is 0. The van der Waals surface area contributed by atoms with E-state index in [0.717, 1.165) is 6.42 Å². The van der Waals surface area contributed by atoms with Gasteiger partial charge in [0.25, 0.3) is 0 Å². The Labute approximate surface area is 79.3 Å². The Bertz CT molecular complexity index is 150. The van der Waals surface area contributed by atoms with E-state index in [9.17, 15) is 9.90 Å². The highest BCUT2D eigenvalue weighted by Gasteiger charge is 2.09. The summed E-state index contributed by atoms with van der Waals surface area (Å²) < 4.78 is 4.51. The molecule has 78 valence electrons. The Morgan fingerprint density at radius 1 is 1.62 bits per heavy atom. The van der Waals surface area contributed by atoms with Crippen LogP contribution in [0.4, 0.5) is 0 Å². The van der Waals surface area contributed by atoms with Gasteiger partial charge in [0.15, 0.2) is 0 Å². The maximum absolute atomic E-state index is 10.8. The Morgan fingerprint density at radius 2 is 2.23 bits per heavy atom. The number of nitrogens with one attached hydrogen (secondary N) is 1. The SMILES string of the molecule is CCC(O)CNC(C)CC(=O)OC. The number of esters is 1. The van der Waals surface area contributed by atoms with Crippen molar-refractivity contribution < 1.29 is 14.6 Å². The Balaban J connectivity index is 3.50. The predicted molar refractivity (Wildman–Crippen MR) is 50.4 cm³/mol. The fourth-order valence-corrected chi connectivity index (χ4v) is 0.887. The summed E-state index contributed by atoms with van der Waals surface area (Å²) in [5, 5.41) is 12.3. The topological polar surface area (TPSA) is 58.6 Å². The first-order chi connectivity index (χ1) is 6.10. The van der Waals surface area contributed by atoms with E-state index in [1.54, 1.807) is 0 Å². The van der Waals surface area contributed by atoms with Crippen LogP contribution >= 0.6 is 0 Å². The van der Waals surface area contributed by atoms with Crippen LogP contribution in [0.1, 0.15) is 26.7 Å². The molecule has 0 saturated carbocycles. The lowest BCUT2D eigenvalue weighted by Gasteiger charge is -2.14. The molecule has 13 heavy (non-hydrogen) atoms. The molecule has 0 spiro atoms. The van der Waals surface area contributed by atoms with Crippen LogP contribution in [0.3, 0.4) is 0 Å². The summed E-state index contributed by atoms with van der Waals surface area (Å²) in [7, 11) is 1.37. The number of aliphatic hydroxyl groups is 1. The maximum Gasteiger partial charge on any atom is 0.307 e. The van der Waals surface area contributed by atoms with Crippen LogP contribution in [0.2, 0.25) is 0 Å². The lowest BCUT2D eigenvalue weighted by atomic mass is 10.2. The minimum atomic E-state index is -0.333. The lowest BCUT2D eigenvalue weighted by molar-refractivity contribution is -0.141. The van der Waals surface area contributed by atoms with Gasteiger partial charge in [-0.25, -0.2) is 0 Å². The third-order valence-electron chi connectivity index (χ3n) is 1.87. The molecule has 0 saturated heterocycles. The minimum absolute atomic E-state index is 0.0497. The molecule has 0 fully saturated rings. The largest absolute Gasteiger partial charge is 0.469 e. The van der Waals surface area contributed by atoms with E-state index < -0.39 is 0 Å². The van der Waals surface area contributed by atoms with Gasteiger partial charge in [-0.2, -0.15) is 0 Å². The summed E-state index contributed by atoms with van der Waals surface area (Å²) in [5.41, 5.74) is 0. The summed E-state index contributed by atoms with van der Waals surface area (Å²) in [6.07, 6.45) is 0.727. The highest BCUT2D eigenvalue weighted by Crippen LogP contribution is 1.94. The van der Waals surface area contributed by atoms with Crippen LogP contribution in [-0.2, 0) is 9.53 Å². The highest BCUT2D eigenvalue weighted by atomic mass is 16.5. The summed E-state index contributed by atoms with van der Waals surface area (Å²) in [6, 6.07) is 0.0497. The zero-order valence-electron chi connectivity index (χ0n) is 8.54. The molecule has 4 nitrogen and oxygen atoms in total. The molecule has 0 aliphatic carbocycles. The molecule has 4 heteroatoms. The van der Waals surface area contributed by atoms with Gasteiger partial charge in [-0.1, -0.05) is 6.92 Å². The van der Waals surface area contributed by atoms with Crippen LogP contribution in [0, 0.1) is 0 Å². The fraction of sp³-hybridized carbons (Fsp3) is 0.889. The second-order valence-electron chi connectivity index (χ2n) is 3.15. The van der Waals surface area contributed by atoms with Crippen molar-refractivity contribution in [3.8, 4) is 0 Å². The number of hydrogen-bond donors (Lipinski definition) is 2. The molecule has 0 amide bonds. The van der Waals surface area contributed by atoms with Gasteiger partial charge in [0.05, 0.1) is 19.6 Å². The van der Waals surface area contributed by atoms with E-state index in [1.807, 2.05) is 13.8 Å². The first-order valence-electron chi connectivity index (χ1n) is 4.58. The molecule has 0 rings (SSSR count). The number of carbonyl (C=O) groups is 1. The molecular formula is C9H19NO3. The van der Waals surface area contributed by atoms with Crippen molar-refractivity contribution in [1.29, 1.82) is 0 Å². The van der Waals surface area contributed by atoms with Gasteiger partial charge in [0.2, 0.25) is 0 Å². The number of aliphatic hydroxyl groups excluding tert-OH is 1. The first kappa shape index (κ1) is 12.4. The van der Waals surface area contributed by atoms with Crippen molar-refractivity contribution in [3.63, 3.8) is 0 Å². The molecule has 2 atom stereocenters. The number of carbonyl (C=O) groups excluding carboxylic acids is 1. The molecule has 0 aromatic heterocycles. The highest BCUT2D eigenvalue weighted by molar-refractivity contribution is 5.69. The Kier molecular flexibility index (Phi) is 6.54. The van der Waals surface area contributed by atoms with Crippen LogP contribution in [-0.4, -0.2) is 36.9 Å². The average molecular weight is 189 g/mol. The molecule has 2 N–H and O–H groups in total. The van der Waals surface area contributed by atoms with Gasteiger partial charge in [0.1, 0.15) is 0 Å². The second kappa shape index (κ2) is 6.86. The number of ether oxygens (including phenoxy) is 1. The maximum atomic E-state index is 10.8. The Hall–Kier alpha value is -0.610. The average Bonchev–Trinajstić information content (AvgIpc) is 2.13. The number of rotatable bonds is 6. The molecule has 0 aliphatic rings. The molecule has 0 radical (unpaired) electrons. The molecule has 0 heterocycles. The van der Waals surface area contributed by atoms with Gasteiger partial charge in [-0.05, 0) is 13.3 Å². The molecule has 0 bridgehead atoms. The predicted octanol–water partition coefficient (Wildman–Crippen LogP) is 0.298. The Morgan fingerprint density at radius 3 is 2.69 bits per heavy atom. The molecule has 0 aromatic rings. The third-order valence-corrected chi connectivity index (χ3v) is 1.87. The van der Waals surface area contributed by atoms with E-state index in [2.05, 4.69) is 10.1 Å². The summed E-state index contributed by atoms with van der Waals surface area (Å²) in [5.74, 6) is -0.231. The van der Waals surface area contributed by atoms with Gasteiger partial charge < -0.3 is 15.2 Å². The van der Waals surface area contributed by atoms with E-state index in [4.69, 9.17) is 0 Å². The van der Waals surface area contributed by atoms with Crippen molar-refractivity contribution in [2.45, 2.75) is 38.8 Å². The van der Waals surface area contributed by atoms with Gasteiger partial charge in [-0.15, -0.1) is 0 Å². The van der Waals surface area contributed by atoms with Crippen molar-refractivity contribution in [2.24, 2.45) is 0 Å². The standard InChI is InChI=1S/C9H19NO3/c1-4-8(11)6-10-7(2)5-9(12)13-3/h7-8,10-11H,4-6H2,1-3H3. The van der Waals surface area contributed by atoms with Crippen LogP contribution in [0.25, 0.3) is 0 Å². The lowest BCUT2D eigenvalue weighted by Crippen LogP contribution is -2.35. The molecular weight excluding hydrogens is 170 g/mol. The summed E-state index contributed by atoms with van der Waals surface area (Å²) in [6.45, 7) is 4.32.